The molecule has 0 spiro atoms. The largest absolute Gasteiger partial charge is 0.494 e. The number of methoxy groups -OCH3 is 1. The fourth-order valence-corrected chi connectivity index (χ4v) is 1.58. The van der Waals surface area contributed by atoms with Crippen LogP contribution in [0.5, 0.6) is 5.75 Å². The van der Waals surface area contributed by atoms with E-state index in [1.54, 1.807) is 19.5 Å². The molecule has 1 aromatic heterocycles. The van der Waals surface area contributed by atoms with Crippen LogP contribution < -0.4 is 9.64 Å². The van der Waals surface area contributed by atoms with Crippen LogP contribution in [0.25, 0.3) is 0 Å². The molecule has 0 radical (unpaired) electrons. The molecule has 5 nitrogen and oxygen atoms in total. The summed E-state index contributed by atoms with van der Waals surface area (Å²) in [5.74, 6) is 1.50. The Kier molecular flexibility index (Phi) is 3.01. The maximum absolute atomic E-state index is 5.02. The first-order valence-electron chi connectivity index (χ1n) is 5.09. The lowest BCUT2D eigenvalue weighted by Gasteiger charge is -2.32. The number of nitrogens with zero attached hydrogens (tertiary/aromatic N) is 4. The van der Waals surface area contributed by atoms with Gasteiger partial charge >= 0.3 is 0 Å². The van der Waals surface area contributed by atoms with Crippen LogP contribution in [0.4, 0.5) is 5.95 Å². The van der Waals surface area contributed by atoms with Crippen molar-refractivity contribution in [3.05, 3.63) is 12.4 Å². The van der Waals surface area contributed by atoms with E-state index in [4.69, 9.17) is 4.74 Å². The second-order valence-corrected chi connectivity index (χ2v) is 3.71. The fraction of sp³-hybridized carbons (Fsp3) is 0.600. The van der Waals surface area contributed by atoms with Crippen molar-refractivity contribution in [2.75, 3.05) is 45.2 Å². The molecule has 1 aromatic rings. The Morgan fingerprint density at radius 3 is 2.27 bits per heavy atom. The van der Waals surface area contributed by atoms with Gasteiger partial charge in [-0.2, -0.15) is 0 Å². The first-order chi connectivity index (χ1) is 7.29. The molecule has 1 aliphatic heterocycles. The van der Waals surface area contributed by atoms with Crippen molar-refractivity contribution in [1.82, 2.24) is 14.9 Å². The SMILES string of the molecule is COc1cnc(N2CCN(C)CC2)nc1. The highest BCUT2D eigenvalue weighted by Gasteiger charge is 2.15. The van der Waals surface area contributed by atoms with E-state index >= 15 is 0 Å². The Labute approximate surface area is 89.7 Å². The van der Waals surface area contributed by atoms with Crippen molar-refractivity contribution >= 4 is 5.95 Å². The molecule has 0 aromatic carbocycles. The summed E-state index contributed by atoms with van der Waals surface area (Å²) in [4.78, 5) is 13.0. The van der Waals surface area contributed by atoms with E-state index in [-0.39, 0.29) is 0 Å². The molecular weight excluding hydrogens is 192 g/mol. The van der Waals surface area contributed by atoms with E-state index in [9.17, 15) is 0 Å². The van der Waals surface area contributed by atoms with E-state index in [1.165, 1.54) is 0 Å². The van der Waals surface area contributed by atoms with E-state index in [0.29, 0.717) is 5.75 Å². The summed E-state index contributed by atoms with van der Waals surface area (Å²) in [6.07, 6.45) is 3.42. The molecule has 0 aliphatic carbocycles. The van der Waals surface area contributed by atoms with Crippen LogP contribution in [0, 0.1) is 0 Å². The minimum absolute atomic E-state index is 0.702. The van der Waals surface area contributed by atoms with E-state index in [2.05, 4.69) is 26.8 Å². The highest BCUT2D eigenvalue weighted by atomic mass is 16.5. The van der Waals surface area contributed by atoms with Crippen LogP contribution in [-0.4, -0.2) is 55.2 Å². The van der Waals surface area contributed by atoms with Crippen molar-refractivity contribution in [2.24, 2.45) is 0 Å². The Morgan fingerprint density at radius 2 is 1.73 bits per heavy atom. The molecule has 0 unspecified atom stereocenters. The Hall–Kier alpha value is -1.36. The smallest absolute Gasteiger partial charge is 0.225 e. The number of aromatic nitrogens is 2. The summed E-state index contributed by atoms with van der Waals surface area (Å²) in [7, 11) is 3.75. The molecule has 0 amide bonds. The van der Waals surface area contributed by atoms with Gasteiger partial charge in [-0.25, -0.2) is 9.97 Å². The predicted octanol–water partition coefficient (Wildman–Crippen LogP) is 0.237. The lowest BCUT2D eigenvalue weighted by atomic mass is 10.3. The summed E-state index contributed by atoms with van der Waals surface area (Å²) >= 11 is 0. The van der Waals surface area contributed by atoms with Gasteiger partial charge in [0.05, 0.1) is 19.5 Å². The van der Waals surface area contributed by atoms with Gasteiger partial charge in [-0.3, -0.25) is 0 Å². The zero-order chi connectivity index (χ0) is 10.7. The maximum atomic E-state index is 5.02. The van der Waals surface area contributed by atoms with Crippen LogP contribution in [0.1, 0.15) is 0 Å². The van der Waals surface area contributed by atoms with Gasteiger partial charge in [-0.15, -0.1) is 0 Å². The van der Waals surface area contributed by atoms with Crippen LogP contribution in [0.15, 0.2) is 12.4 Å². The van der Waals surface area contributed by atoms with Gasteiger partial charge in [0.2, 0.25) is 5.95 Å². The third kappa shape index (κ3) is 2.36. The molecule has 0 bridgehead atoms. The van der Waals surface area contributed by atoms with Crippen molar-refractivity contribution in [3.8, 4) is 5.75 Å². The van der Waals surface area contributed by atoms with Crippen molar-refractivity contribution < 1.29 is 4.74 Å². The monoisotopic (exact) mass is 208 g/mol. The molecular formula is C10H16N4O. The number of ether oxygens (including phenoxy) is 1. The molecule has 2 heterocycles. The zero-order valence-electron chi connectivity index (χ0n) is 9.18. The average molecular weight is 208 g/mol. The normalized spacial score (nSPS) is 17.9. The molecule has 82 valence electrons. The van der Waals surface area contributed by atoms with E-state index < -0.39 is 0 Å². The third-order valence-corrected chi connectivity index (χ3v) is 2.64. The summed E-state index contributed by atoms with van der Waals surface area (Å²) in [5, 5.41) is 0. The van der Waals surface area contributed by atoms with Gasteiger partial charge in [-0.1, -0.05) is 0 Å². The molecule has 2 rings (SSSR count). The summed E-state index contributed by atoms with van der Waals surface area (Å²) in [6, 6.07) is 0. The number of rotatable bonds is 2. The number of likely N-dealkylation sites (N-methyl/N-ethyl adjacent to an activating group) is 1. The molecule has 0 N–H and O–H groups in total. The van der Waals surface area contributed by atoms with Gasteiger partial charge in [0.1, 0.15) is 0 Å². The minimum Gasteiger partial charge on any atom is -0.494 e. The summed E-state index contributed by atoms with van der Waals surface area (Å²) in [6.45, 7) is 4.11. The molecule has 1 aliphatic rings. The lowest BCUT2D eigenvalue weighted by molar-refractivity contribution is 0.311. The van der Waals surface area contributed by atoms with Gasteiger partial charge < -0.3 is 14.5 Å². The summed E-state index contributed by atoms with van der Waals surface area (Å²) in [5.41, 5.74) is 0. The highest BCUT2D eigenvalue weighted by molar-refractivity contribution is 5.32. The van der Waals surface area contributed by atoms with Gasteiger partial charge in [0.15, 0.2) is 5.75 Å². The number of hydrogen-bond acceptors (Lipinski definition) is 5. The van der Waals surface area contributed by atoms with Crippen LogP contribution in [0.2, 0.25) is 0 Å². The van der Waals surface area contributed by atoms with Gasteiger partial charge in [-0.05, 0) is 7.05 Å². The first kappa shape index (κ1) is 10.2. The summed E-state index contributed by atoms with van der Waals surface area (Å²) < 4.78 is 5.02. The maximum Gasteiger partial charge on any atom is 0.225 e. The molecule has 0 atom stereocenters. The average Bonchev–Trinajstić information content (AvgIpc) is 2.30. The molecule has 1 saturated heterocycles. The topological polar surface area (TPSA) is 41.5 Å². The second kappa shape index (κ2) is 4.44. The first-order valence-corrected chi connectivity index (χ1v) is 5.09. The van der Waals surface area contributed by atoms with Gasteiger partial charge in [0.25, 0.3) is 0 Å². The predicted molar refractivity (Wildman–Crippen MR) is 58.3 cm³/mol. The fourth-order valence-electron chi connectivity index (χ4n) is 1.58. The molecule has 15 heavy (non-hydrogen) atoms. The molecule has 5 heteroatoms. The van der Waals surface area contributed by atoms with Crippen molar-refractivity contribution in [1.29, 1.82) is 0 Å². The van der Waals surface area contributed by atoms with Crippen LogP contribution in [-0.2, 0) is 0 Å². The third-order valence-electron chi connectivity index (χ3n) is 2.64. The Balaban J connectivity index is 2.03. The standard InChI is InChI=1S/C10H16N4O/c1-13-3-5-14(6-4-13)10-11-7-9(15-2)8-12-10/h7-8H,3-6H2,1-2H3. The number of piperazine rings is 1. The van der Waals surface area contributed by atoms with Crippen LogP contribution in [0.3, 0.4) is 0 Å². The molecule has 0 saturated carbocycles. The second-order valence-electron chi connectivity index (χ2n) is 3.71. The zero-order valence-corrected chi connectivity index (χ0v) is 9.18. The quantitative estimate of drug-likeness (QED) is 0.696. The molecule has 1 fully saturated rings. The highest BCUT2D eigenvalue weighted by Crippen LogP contribution is 2.12. The lowest BCUT2D eigenvalue weighted by Crippen LogP contribution is -2.45. The van der Waals surface area contributed by atoms with Gasteiger partial charge in [0, 0.05) is 26.2 Å². The number of anilines is 1. The number of hydrogen-bond donors (Lipinski definition) is 0. The van der Waals surface area contributed by atoms with E-state index in [0.717, 1.165) is 32.1 Å². The Bertz CT molecular complexity index is 306. The van der Waals surface area contributed by atoms with Crippen LogP contribution >= 0.6 is 0 Å². The Morgan fingerprint density at radius 1 is 1.13 bits per heavy atom. The van der Waals surface area contributed by atoms with Crippen molar-refractivity contribution in [3.63, 3.8) is 0 Å². The minimum atomic E-state index is 0.702. The van der Waals surface area contributed by atoms with E-state index in [1.807, 2.05) is 0 Å². The van der Waals surface area contributed by atoms with Crippen molar-refractivity contribution in [2.45, 2.75) is 0 Å².